The summed E-state index contributed by atoms with van der Waals surface area (Å²) in [4.78, 5) is 62.7. The Labute approximate surface area is 244 Å². The Bertz CT molecular complexity index is 1040. The van der Waals surface area contributed by atoms with Crippen molar-refractivity contribution in [1.82, 2.24) is 5.32 Å². The summed E-state index contributed by atoms with van der Waals surface area (Å²) in [6.45, 7) is 1.89. The summed E-state index contributed by atoms with van der Waals surface area (Å²) in [6.07, 6.45) is 7.92. The quantitative estimate of drug-likeness (QED) is 0.197. The minimum Gasteiger partial charge on any atom is -0.428 e. The third-order valence-corrected chi connectivity index (χ3v) is 8.19. The van der Waals surface area contributed by atoms with E-state index < -0.39 is 53.7 Å². The van der Waals surface area contributed by atoms with Gasteiger partial charge in [0.25, 0.3) is 0 Å². The largest absolute Gasteiger partial charge is 0.428 e. The fourth-order valence-electron chi connectivity index (χ4n) is 4.83. The van der Waals surface area contributed by atoms with Gasteiger partial charge in [0.1, 0.15) is 11.8 Å². The Morgan fingerprint density at radius 2 is 1.29 bits per heavy atom. The van der Waals surface area contributed by atoms with E-state index in [2.05, 4.69) is 5.32 Å². The molecule has 2 aliphatic rings. The molecule has 11 nitrogen and oxygen atoms in total. The Morgan fingerprint density at radius 1 is 0.780 bits per heavy atom. The topological polar surface area (TPSA) is 144 Å². The van der Waals surface area contributed by atoms with Crippen LogP contribution in [0, 0.1) is 11.8 Å². The lowest BCUT2D eigenvalue weighted by atomic mass is 9.89. The number of esters is 3. The normalized spacial score (nSPS) is 17.0. The molecule has 1 amide bonds. The van der Waals surface area contributed by atoms with Crippen LogP contribution in [0.3, 0.4) is 0 Å². The molecule has 0 spiro atoms. The Morgan fingerprint density at radius 3 is 1.83 bits per heavy atom. The Kier molecular flexibility index (Phi) is 12.8. The van der Waals surface area contributed by atoms with Crippen molar-refractivity contribution in [2.75, 3.05) is 13.6 Å². The van der Waals surface area contributed by atoms with Crippen LogP contribution in [-0.2, 0) is 33.3 Å². The van der Waals surface area contributed by atoms with E-state index >= 15 is 0 Å². The molecule has 3 rings (SSSR count). The van der Waals surface area contributed by atoms with E-state index in [4.69, 9.17) is 23.7 Å². The van der Waals surface area contributed by atoms with Gasteiger partial charge < -0.3 is 29.0 Å². The van der Waals surface area contributed by atoms with Crippen molar-refractivity contribution < 1.29 is 47.7 Å². The van der Waals surface area contributed by atoms with Gasteiger partial charge in [0.05, 0.1) is 16.6 Å². The van der Waals surface area contributed by atoms with Crippen molar-refractivity contribution in [3.63, 3.8) is 0 Å². The summed E-state index contributed by atoms with van der Waals surface area (Å²) < 4.78 is 24.4. The maximum Gasteiger partial charge on any atom is 0.410 e. The third kappa shape index (κ3) is 10.9. The van der Waals surface area contributed by atoms with Gasteiger partial charge in [0.15, 0.2) is 0 Å². The molecule has 0 saturated heterocycles. The molecule has 0 heterocycles. The number of rotatable bonds is 11. The Hall–Kier alpha value is -3.28. The van der Waals surface area contributed by atoms with Gasteiger partial charge in [-0.05, 0) is 63.4 Å². The number of carbonyl (C=O) groups excluding carboxylic acids is 5. The number of amides is 1. The molecule has 1 atom stereocenters. The highest BCUT2D eigenvalue weighted by Crippen LogP contribution is 2.32. The SMILES string of the molecule is CC(C)(SC(=O)OCOC(=O)C1CCCCC1)[C@@H](NC(=O)OCOC(=O)C1CCCCC1)C(=O)Oc1ccccc1. The third-order valence-electron chi connectivity index (χ3n) is 7.15. The highest BCUT2D eigenvalue weighted by atomic mass is 32.2. The number of alkyl carbamates (subject to hydrolysis) is 1. The van der Waals surface area contributed by atoms with E-state index in [1.807, 2.05) is 0 Å². The average molecular weight is 594 g/mol. The van der Waals surface area contributed by atoms with Crippen LogP contribution in [0.2, 0.25) is 0 Å². The molecule has 1 aromatic carbocycles. The lowest BCUT2D eigenvalue weighted by Crippen LogP contribution is -2.54. The maximum atomic E-state index is 13.1. The lowest BCUT2D eigenvalue weighted by Gasteiger charge is -2.31. The van der Waals surface area contributed by atoms with E-state index in [9.17, 15) is 24.0 Å². The summed E-state index contributed by atoms with van der Waals surface area (Å²) in [5.74, 6) is -1.87. The van der Waals surface area contributed by atoms with Gasteiger partial charge in [-0.2, -0.15) is 0 Å². The number of para-hydroxylation sites is 1. The van der Waals surface area contributed by atoms with Crippen LogP contribution < -0.4 is 10.1 Å². The molecule has 0 aromatic heterocycles. The van der Waals surface area contributed by atoms with Crippen LogP contribution in [-0.4, -0.2) is 53.7 Å². The molecular formula is C29H39NO10S. The second-order valence-corrected chi connectivity index (χ2v) is 12.3. The average Bonchev–Trinajstić information content (AvgIpc) is 2.96. The summed E-state index contributed by atoms with van der Waals surface area (Å²) >= 11 is 0.617. The van der Waals surface area contributed by atoms with E-state index in [0.29, 0.717) is 11.8 Å². The molecule has 12 heteroatoms. The van der Waals surface area contributed by atoms with Crippen LogP contribution >= 0.6 is 11.8 Å². The van der Waals surface area contributed by atoms with Gasteiger partial charge in [-0.15, -0.1) is 0 Å². The van der Waals surface area contributed by atoms with Crippen molar-refractivity contribution in [2.24, 2.45) is 11.8 Å². The summed E-state index contributed by atoms with van der Waals surface area (Å²) in [5, 5.41) is 1.59. The van der Waals surface area contributed by atoms with Gasteiger partial charge in [-0.25, -0.2) is 14.4 Å². The first-order valence-corrected chi connectivity index (χ1v) is 14.9. The van der Waals surface area contributed by atoms with E-state index in [1.54, 1.807) is 30.3 Å². The molecule has 1 aromatic rings. The van der Waals surface area contributed by atoms with Crippen LogP contribution in [0.5, 0.6) is 5.75 Å². The molecule has 226 valence electrons. The van der Waals surface area contributed by atoms with Crippen LogP contribution in [0.1, 0.15) is 78.1 Å². The van der Waals surface area contributed by atoms with Crippen LogP contribution in [0.15, 0.2) is 30.3 Å². The molecule has 2 aliphatic carbocycles. The molecular weight excluding hydrogens is 554 g/mol. The maximum absolute atomic E-state index is 13.1. The van der Waals surface area contributed by atoms with Crippen molar-refractivity contribution in [1.29, 1.82) is 0 Å². The summed E-state index contributed by atoms with van der Waals surface area (Å²) in [7, 11) is 0. The number of thioether (sulfide) groups is 1. The predicted octanol–water partition coefficient (Wildman–Crippen LogP) is 5.50. The zero-order valence-corrected chi connectivity index (χ0v) is 24.4. The monoisotopic (exact) mass is 593 g/mol. The van der Waals surface area contributed by atoms with E-state index in [-0.39, 0.29) is 17.6 Å². The minimum atomic E-state index is -1.38. The number of hydrogen-bond acceptors (Lipinski definition) is 11. The number of hydrogen-bond donors (Lipinski definition) is 1. The molecule has 0 unspecified atom stereocenters. The fraction of sp³-hybridized carbons (Fsp3) is 0.621. The first kappa shape index (κ1) is 32.2. The highest BCUT2D eigenvalue weighted by Gasteiger charge is 2.42. The van der Waals surface area contributed by atoms with E-state index in [0.717, 1.165) is 64.2 Å². The predicted molar refractivity (Wildman–Crippen MR) is 149 cm³/mol. The molecule has 0 bridgehead atoms. The van der Waals surface area contributed by atoms with Gasteiger partial charge >= 0.3 is 29.3 Å². The zero-order chi connectivity index (χ0) is 29.7. The van der Waals surface area contributed by atoms with Gasteiger partial charge in [-0.1, -0.05) is 56.7 Å². The van der Waals surface area contributed by atoms with Crippen molar-refractivity contribution in [3.05, 3.63) is 30.3 Å². The molecule has 2 fully saturated rings. The Balaban J connectivity index is 1.54. The smallest absolute Gasteiger partial charge is 0.410 e. The van der Waals surface area contributed by atoms with Gasteiger partial charge in [0.2, 0.25) is 13.6 Å². The first-order valence-electron chi connectivity index (χ1n) is 14.0. The second-order valence-electron chi connectivity index (χ2n) is 10.7. The first-order chi connectivity index (χ1) is 19.7. The second kappa shape index (κ2) is 16.2. The van der Waals surface area contributed by atoms with Crippen LogP contribution in [0.25, 0.3) is 0 Å². The van der Waals surface area contributed by atoms with Crippen molar-refractivity contribution >= 4 is 41.1 Å². The highest BCUT2D eigenvalue weighted by molar-refractivity contribution is 8.14. The van der Waals surface area contributed by atoms with Gasteiger partial charge in [0, 0.05) is 0 Å². The summed E-state index contributed by atoms with van der Waals surface area (Å²) in [5.41, 5.74) is 0. The molecule has 2 saturated carbocycles. The molecule has 0 radical (unpaired) electrons. The number of carbonyl (C=O) groups is 5. The lowest BCUT2D eigenvalue weighted by molar-refractivity contribution is -0.159. The van der Waals surface area contributed by atoms with Crippen LogP contribution in [0.4, 0.5) is 9.59 Å². The van der Waals surface area contributed by atoms with Crippen molar-refractivity contribution in [2.45, 2.75) is 88.8 Å². The zero-order valence-electron chi connectivity index (χ0n) is 23.6. The molecule has 41 heavy (non-hydrogen) atoms. The standard InChI is InChI=1S/C29H39NO10S/c1-29(2,41-28(35)39-19-37-25(32)21-14-8-4-9-15-21)23(26(33)40-22-16-10-5-11-17-22)30-27(34)38-18-36-24(31)20-12-6-3-7-13-20/h5,10-11,16-17,20-21,23H,3-4,6-9,12-15,18-19H2,1-2H3,(H,30,34)/t23-/m0/s1. The number of ether oxygens (including phenoxy) is 5. The fourth-order valence-corrected chi connectivity index (χ4v) is 5.64. The molecule has 1 N–H and O–H groups in total. The molecule has 0 aliphatic heterocycles. The van der Waals surface area contributed by atoms with Crippen molar-refractivity contribution in [3.8, 4) is 5.75 Å². The number of nitrogens with one attached hydrogen (secondary N) is 1. The minimum absolute atomic E-state index is 0.194. The van der Waals surface area contributed by atoms with Gasteiger partial charge in [-0.3, -0.25) is 9.59 Å². The summed E-state index contributed by atoms with van der Waals surface area (Å²) in [6, 6.07) is 6.83. The number of benzene rings is 1. The van der Waals surface area contributed by atoms with E-state index in [1.165, 1.54) is 13.8 Å².